The first kappa shape index (κ1) is 13.9. The van der Waals surface area contributed by atoms with Gasteiger partial charge in [-0.15, -0.1) is 0 Å². The topological polar surface area (TPSA) is 24.5 Å². The predicted octanol–water partition coefficient (Wildman–Crippen LogP) is 2.86. The third-order valence-corrected chi connectivity index (χ3v) is 5.56. The van der Waals surface area contributed by atoms with Crippen molar-refractivity contribution in [3.05, 3.63) is 28.8 Å². The Bertz CT molecular complexity index is 524. The minimum Gasteiger partial charge on any atom is -0.488 e. The minimum atomic E-state index is 0.274. The molecule has 1 N–H and O–H groups in total. The maximum atomic E-state index is 6.08. The van der Waals surface area contributed by atoms with Gasteiger partial charge in [0.2, 0.25) is 0 Å². The maximum Gasteiger partial charge on any atom is 0.123 e. The summed E-state index contributed by atoms with van der Waals surface area (Å²) in [7, 11) is 2.26. The molecule has 3 atom stereocenters. The predicted molar refractivity (Wildman–Crippen MR) is 85.2 cm³/mol. The van der Waals surface area contributed by atoms with Crippen molar-refractivity contribution in [1.82, 2.24) is 10.2 Å². The number of piperidine rings is 1. The normalized spacial score (nSPS) is 34.0. The smallest absolute Gasteiger partial charge is 0.123 e. The maximum absolute atomic E-state index is 6.08. The van der Waals surface area contributed by atoms with Crippen molar-refractivity contribution in [2.45, 2.75) is 56.3 Å². The fourth-order valence-electron chi connectivity index (χ4n) is 4.25. The van der Waals surface area contributed by atoms with Crippen LogP contribution in [0, 0.1) is 0 Å². The summed E-state index contributed by atoms with van der Waals surface area (Å²) in [5, 5.41) is 4.52. The van der Waals surface area contributed by atoms with E-state index < -0.39 is 0 Å². The quantitative estimate of drug-likeness (QED) is 0.929. The van der Waals surface area contributed by atoms with Gasteiger partial charge in [-0.05, 0) is 56.5 Å². The van der Waals surface area contributed by atoms with Crippen LogP contribution in [0.2, 0.25) is 5.02 Å². The molecule has 1 aromatic rings. The van der Waals surface area contributed by atoms with Gasteiger partial charge < -0.3 is 10.1 Å². The number of hydrogen-bond acceptors (Lipinski definition) is 3. The molecule has 3 unspecified atom stereocenters. The molecule has 3 heterocycles. The number of hydrogen-bond donors (Lipinski definition) is 1. The molecule has 4 rings (SSSR count). The molecular formula is C17H23ClN2O. The molecule has 21 heavy (non-hydrogen) atoms. The number of ether oxygens (including phenoxy) is 1. The van der Waals surface area contributed by atoms with E-state index in [2.05, 4.69) is 17.3 Å². The van der Waals surface area contributed by atoms with Gasteiger partial charge in [0.15, 0.2) is 0 Å². The number of nitrogens with one attached hydrogen (secondary N) is 1. The lowest BCUT2D eigenvalue weighted by molar-refractivity contribution is 0.112. The van der Waals surface area contributed by atoms with Gasteiger partial charge in [-0.25, -0.2) is 0 Å². The highest BCUT2D eigenvalue weighted by Gasteiger charge is 2.36. The zero-order valence-corrected chi connectivity index (χ0v) is 13.3. The fourth-order valence-corrected chi connectivity index (χ4v) is 4.44. The first-order chi connectivity index (χ1) is 10.2. The highest BCUT2D eigenvalue weighted by Crippen LogP contribution is 2.33. The van der Waals surface area contributed by atoms with E-state index in [-0.39, 0.29) is 6.10 Å². The summed E-state index contributed by atoms with van der Waals surface area (Å²) in [5.41, 5.74) is 1.26. The summed E-state index contributed by atoms with van der Waals surface area (Å²) >= 11 is 6.06. The van der Waals surface area contributed by atoms with Gasteiger partial charge in [0.05, 0.1) is 0 Å². The Morgan fingerprint density at radius 3 is 2.81 bits per heavy atom. The van der Waals surface area contributed by atoms with E-state index >= 15 is 0 Å². The summed E-state index contributed by atoms with van der Waals surface area (Å²) in [6, 6.07) is 8.16. The van der Waals surface area contributed by atoms with Crippen LogP contribution in [0.1, 0.15) is 31.2 Å². The first-order valence-corrected chi connectivity index (χ1v) is 8.46. The van der Waals surface area contributed by atoms with E-state index in [4.69, 9.17) is 16.3 Å². The molecule has 0 aliphatic carbocycles. The van der Waals surface area contributed by atoms with Crippen LogP contribution in [0.4, 0.5) is 0 Å². The van der Waals surface area contributed by atoms with Gasteiger partial charge in [-0.2, -0.15) is 0 Å². The molecule has 3 aliphatic heterocycles. The Morgan fingerprint density at radius 2 is 2.05 bits per heavy atom. The monoisotopic (exact) mass is 306 g/mol. The lowest BCUT2D eigenvalue weighted by Crippen LogP contribution is -2.49. The number of fused-ring (bicyclic) bond motifs is 3. The number of nitrogens with zero attached hydrogens (tertiary/aromatic N) is 1. The Labute approximate surface area is 131 Å². The summed E-state index contributed by atoms with van der Waals surface area (Å²) in [5.74, 6) is 1.02. The van der Waals surface area contributed by atoms with Crippen molar-refractivity contribution in [2.24, 2.45) is 0 Å². The Morgan fingerprint density at radius 1 is 1.29 bits per heavy atom. The van der Waals surface area contributed by atoms with Crippen molar-refractivity contribution < 1.29 is 4.74 Å². The van der Waals surface area contributed by atoms with E-state index in [1.54, 1.807) is 0 Å². The van der Waals surface area contributed by atoms with E-state index in [0.29, 0.717) is 6.04 Å². The molecule has 114 valence electrons. The number of benzene rings is 1. The number of rotatable bonds is 3. The van der Waals surface area contributed by atoms with Crippen LogP contribution in [0.3, 0.4) is 0 Å². The second-order valence-electron chi connectivity index (χ2n) is 6.90. The van der Waals surface area contributed by atoms with Crippen LogP contribution in [0.25, 0.3) is 0 Å². The summed E-state index contributed by atoms with van der Waals surface area (Å²) in [4.78, 5) is 2.52. The molecular weight excluding hydrogens is 284 g/mol. The van der Waals surface area contributed by atoms with Gasteiger partial charge in [0.1, 0.15) is 11.9 Å². The molecule has 4 heteroatoms. The molecule has 2 saturated heterocycles. The summed E-state index contributed by atoms with van der Waals surface area (Å²) < 4.78 is 6.08. The standard InChI is InChI=1S/C17H23ClN2O/c1-20(15-8-13-3-4-14(9-15)19-13)10-16-7-11-6-12(18)2-5-17(11)21-16/h2,5-6,13-16,19H,3-4,7-10H2,1H3. The molecule has 2 fully saturated rings. The summed E-state index contributed by atoms with van der Waals surface area (Å²) in [6.07, 6.45) is 6.56. The first-order valence-electron chi connectivity index (χ1n) is 8.09. The second-order valence-corrected chi connectivity index (χ2v) is 7.34. The molecule has 3 nitrogen and oxygen atoms in total. The lowest BCUT2D eigenvalue weighted by Gasteiger charge is -2.36. The molecule has 0 radical (unpaired) electrons. The van der Waals surface area contributed by atoms with E-state index in [1.165, 1.54) is 31.2 Å². The average Bonchev–Trinajstić information content (AvgIpc) is 3.00. The second kappa shape index (κ2) is 5.45. The zero-order valence-electron chi connectivity index (χ0n) is 12.5. The fraction of sp³-hybridized carbons (Fsp3) is 0.647. The van der Waals surface area contributed by atoms with E-state index in [1.807, 2.05) is 18.2 Å². The molecule has 3 aliphatic rings. The highest BCUT2D eigenvalue weighted by molar-refractivity contribution is 6.30. The van der Waals surface area contributed by atoms with Gasteiger partial charge in [-0.1, -0.05) is 11.6 Å². The van der Waals surface area contributed by atoms with E-state index in [9.17, 15) is 0 Å². The number of likely N-dealkylation sites (N-methyl/N-ethyl adjacent to an activating group) is 1. The van der Waals surface area contributed by atoms with Crippen LogP contribution < -0.4 is 10.1 Å². The number of halogens is 1. The Hall–Kier alpha value is -0.770. The van der Waals surface area contributed by atoms with Crippen molar-refractivity contribution in [3.63, 3.8) is 0 Å². The lowest BCUT2D eigenvalue weighted by atomic mass is 9.98. The summed E-state index contributed by atoms with van der Waals surface area (Å²) in [6.45, 7) is 1.01. The average molecular weight is 307 g/mol. The molecule has 2 bridgehead atoms. The van der Waals surface area contributed by atoms with Crippen LogP contribution in [0.5, 0.6) is 5.75 Å². The Balaban J connectivity index is 1.37. The SMILES string of the molecule is CN(CC1Cc2cc(Cl)ccc2O1)C1CC2CCC(C1)N2. The van der Waals surface area contributed by atoms with Gasteiger partial charge in [0.25, 0.3) is 0 Å². The molecule has 1 aromatic carbocycles. The molecule has 0 amide bonds. The van der Waals surface area contributed by atoms with Gasteiger partial charge in [-0.3, -0.25) is 4.90 Å². The van der Waals surface area contributed by atoms with Crippen LogP contribution in [-0.4, -0.2) is 42.7 Å². The minimum absolute atomic E-state index is 0.274. The Kier molecular flexibility index (Phi) is 3.60. The third kappa shape index (κ3) is 2.79. The van der Waals surface area contributed by atoms with Crippen molar-refractivity contribution in [3.8, 4) is 5.75 Å². The van der Waals surface area contributed by atoms with E-state index in [0.717, 1.165) is 35.8 Å². The molecule has 0 aromatic heterocycles. The molecule has 0 spiro atoms. The van der Waals surface area contributed by atoms with Crippen LogP contribution in [0.15, 0.2) is 18.2 Å². The van der Waals surface area contributed by atoms with Gasteiger partial charge in [0, 0.05) is 36.1 Å². The van der Waals surface area contributed by atoms with Crippen LogP contribution >= 0.6 is 11.6 Å². The van der Waals surface area contributed by atoms with Crippen molar-refractivity contribution in [1.29, 1.82) is 0 Å². The highest BCUT2D eigenvalue weighted by atomic mass is 35.5. The third-order valence-electron chi connectivity index (χ3n) is 5.33. The molecule has 0 saturated carbocycles. The zero-order chi connectivity index (χ0) is 14.4. The largest absolute Gasteiger partial charge is 0.488 e. The van der Waals surface area contributed by atoms with Crippen molar-refractivity contribution >= 4 is 11.6 Å². The van der Waals surface area contributed by atoms with Crippen LogP contribution in [-0.2, 0) is 6.42 Å². The van der Waals surface area contributed by atoms with Crippen molar-refractivity contribution in [2.75, 3.05) is 13.6 Å². The van der Waals surface area contributed by atoms with Gasteiger partial charge >= 0.3 is 0 Å².